The van der Waals surface area contributed by atoms with Gasteiger partial charge in [0.2, 0.25) is 0 Å². The van der Waals surface area contributed by atoms with Crippen LogP contribution in [0.15, 0.2) is 60.9 Å². The number of nitro groups is 1. The average Bonchev–Trinajstić information content (AvgIpc) is 2.56. The minimum atomic E-state index is -0.444. The van der Waals surface area contributed by atoms with Crippen LogP contribution in [0.25, 0.3) is 22.8 Å². The third-order valence-electron chi connectivity index (χ3n) is 2.88. The van der Waals surface area contributed by atoms with Crippen LogP contribution in [0.2, 0.25) is 0 Å². The van der Waals surface area contributed by atoms with E-state index in [1.807, 2.05) is 12.1 Å². The highest BCUT2D eigenvalue weighted by Crippen LogP contribution is 2.26. The van der Waals surface area contributed by atoms with Gasteiger partial charge in [-0.3, -0.25) is 20.1 Å². The van der Waals surface area contributed by atoms with Gasteiger partial charge in [0.25, 0.3) is 5.69 Å². The number of hydrogen-bond acceptors (Lipinski definition) is 5. The summed E-state index contributed by atoms with van der Waals surface area (Å²) in [6.45, 7) is 0. The lowest BCUT2D eigenvalue weighted by atomic mass is 10.1. The Kier molecular flexibility index (Phi) is 3.34. The van der Waals surface area contributed by atoms with E-state index in [-0.39, 0.29) is 5.69 Å². The van der Waals surface area contributed by atoms with Crippen molar-refractivity contribution in [1.29, 1.82) is 0 Å². The number of pyridine rings is 3. The van der Waals surface area contributed by atoms with Gasteiger partial charge >= 0.3 is 0 Å². The summed E-state index contributed by atoms with van der Waals surface area (Å²) in [5.41, 5.74) is 2.03. The second-order valence-corrected chi connectivity index (χ2v) is 4.28. The number of aromatic nitrogens is 3. The molecule has 0 radical (unpaired) electrons. The fraction of sp³-hybridized carbons (Fsp3) is 0. The largest absolute Gasteiger partial charge is 0.273 e. The first-order chi connectivity index (χ1) is 10.2. The summed E-state index contributed by atoms with van der Waals surface area (Å²) in [5.74, 6) is 0. The fourth-order valence-corrected chi connectivity index (χ4v) is 1.91. The van der Waals surface area contributed by atoms with E-state index < -0.39 is 4.92 Å². The lowest BCUT2D eigenvalue weighted by Gasteiger charge is -2.04. The van der Waals surface area contributed by atoms with Gasteiger partial charge in [0.05, 0.1) is 27.7 Å². The molecule has 0 aliphatic heterocycles. The molecule has 3 rings (SSSR count). The number of nitrogens with zero attached hydrogens (tertiary/aromatic N) is 4. The molecule has 3 aromatic rings. The van der Waals surface area contributed by atoms with Gasteiger partial charge < -0.3 is 0 Å². The zero-order chi connectivity index (χ0) is 14.7. The monoisotopic (exact) mass is 278 g/mol. The predicted molar refractivity (Wildman–Crippen MR) is 77.4 cm³/mol. The van der Waals surface area contributed by atoms with E-state index in [0.717, 1.165) is 0 Å². The van der Waals surface area contributed by atoms with Crippen molar-refractivity contribution in [2.75, 3.05) is 0 Å². The van der Waals surface area contributed by atoms with Crippen molar-refractivity contribution in [3.63, 3.8) is 0 Å². The Hall–Kier alpha value is -3.15. The molecule has 6 nitrogen and oxygen atoms in total. The molecule has 102 valence electrons. The maximum Gasteiger partial charge on any atom is 0.273 e. The molecule has 0 unspecified atom stereocenters. The van der Waals surface area contributed by atoms with Crippen molar-refractivity contribution in [3.05, 3.63) is 71.0 Å². The second-order valence-electron chi connectivity index (χ2n) is 4.28. The third-order valence-corrected chi connectivity index (χ3v) is 2.88. The SMILES string of the molecule is O=[N+]([O-])c1cc(-c2ccccn2)nc(-c2ccccn2)c1. The summed E-state index contributed by atoms with van der Waals surface area (Å²) >= 11 is 0. The molecule has 0 saturated carbocycles. The van der Waals surface area contributed by atoms with E-state index >= 15 is 0 Å². The first-order valence-electron chi connectivity index (χ1n) is 6.23. The summed E-state index contributed by atoms with van der Waals surface area (Å²) < 4.78 is 0. The van der Waals surface area contributed by atoms with Crippen molar-refractivity contribution in [3.8, 4) is 22.8 Å². The summed E-state index contributed by atoms with van der Waals surface area (Å²) in [6, 6.07) is 13.5. The topological polar surface area (TPSA) is 81.8 Å². The summed E-state index contributed by atoms with van der Waals surface area (Å²) in [4.78, 5) is 23.4. The van der Waals surface area contributed by atoms with Gasteiger partial charge in [0, 0.05) is 24.5 Å². The van der Waals surface area contributed by atoms with Crippen LogP contribution in [-0.4, -0.2) is 19.9 Å². The Bertz CT molecular complexity index is 718. The molecule has 0 N–H and O–H groups in total. The minimum Gasteiger partial charge on any atom is -0.258 e. The molecule has 0 saturated heterocycles. The Balaban J connectivity index is 2.18. The highest BCUT2D eigenvalue weighted by atomic mass is 16.6. The zero-order valence-electron chi connectivity index (χ0n) is 10.9. The highest BCUT2D eigenvalue weighted by molar-refractivity contribution is 5.66. The zero-order valence-corrected chi connectivity index (χ0v) is 10.9. The standard InChI is InChI=1S/C15H10N4O2/c20-19(21)11-9-14(12-5-1-3-7-16-12)18-15(10-11)13-6-2-4-8-17-13/h1-10H. The summed E-state index contributed by atoms with van der Waals surface area (Å²) in [5, 5.41) is 11.1. The van der Waals surface area contributed by atoms with E-state index in [4.69, 9.17) is 0 Å². The second kappa shape index (κ2) is 5.46. The molecule has 0 amide bonds. The van der Waals surface area contributed by atoms with Gasteiger partial charge in [0.15, 0.2) is 0 Å². The lowest BCUT2D eigenvalue weighted by Crippen LogP contribution is -1.96. The van der Waals surface area contributed by atoms with Crippen molar-refractivity contribution < 1.29 is 4.92 Å². The fourth-order valence-electron chi connectivity index (χ4n) is 1.91. The normalized spacial score (nSPS) is 10.3. The summed E-state index contributed by atoms with van der Waals surface area (Å²) in [7, 11) is 0. The van der Waals surface area contributed by atoms with Crippen LogP contribution in [0, 0.1) is 10.1 Å². The van der Waals surface area contributed by atoms with Crippen molar-refractivity contribution in [2.45, 2.75) is 0 Å². The molecule has 0 spiro atoms. The van der Waals surface area contributed by atoms with Crippen molar-refractivity contribution >= 4 is 5.69 Å². The van der Waals surface area contributed by atoms with E-state index in [9.17, 15) is 10.1 Å². The molecular formula is C15H10N4O2. The van der Waals surface area contributed by atoms with E-state index in [0.29, 0.717) is 22.8 Å². The van der Waals surface area contributed by atoms with Gasteiger partial charge in [-0.25, -0.2) is 4.98 Å². The Morgan fingerprint density at radius 1 is 0.810 bits per heavy atom. The molecule has 21 heavy (non-hydrogen) atoms. The van der Waals surface area contributed by atoms with E-state index in [1.165, 1.54) is 12.1 Å². The van der Waals surface area contributed by atoms with Crippen LogP contribution in [0.5, 0.6) is 0 Å². The van der Waals surface area contributed by atoms with Gasteiger partial charge in [-0.15, -0.1) is 0 Å². The Morgan fingerprint density at radius 3 is 1.71 bits per heavy atom. The molecule has 0 aliphatic rings. The lowest BCUT2D eigenvalue weighted by molar-refractivity contribution is -0.384. The molecule has 0 atom stereocenters. The quantitative estimate of drug-likeness (QED) is 0.543. The van der Waals surface area contributed by atoms with Crippen LogP contribution >= 0.6 is 0 Å². The van der Waals surface area contributed by atoms with Crippen LogP contribution in [-0.2, 0) is 0 Å². The van der Waals surface area contributed by atoms with Gasteiger partial charge in [-0.1, -0.05) is 12.1 Å². The van der Waals surface area contributed by atoms with E-state index in [1.54, 1.807) is 36.7 Å². The maximum absolute atomic E-state index is 11.1. The molecular weight excluding hydrogens is 268 g/mol. The first kappa shape index (κ1) is 12.9. The smallest absolute Gasteiger partial charge is 0.258 e. The number of rotatable bonds is 3. The summed E-state index contributed by atoms with van der Waals surface area (Å²) in [6.07, 6.45) is 3.24. The average molecular weight is 278 g/mol. The van der Waals surface area contributed by atoms with Gasteiger partial charge in [-0.2, -0.15) is 0 Å². The van der Waals surface area contributed by atoms with Crippen molar-refractivity contribution in [2.24, 2.45) is 0 Å². The molecule has 0 aliphatic carbocycles. The van der Waals surface area contributed by atoms with Gasteiger partial charge in [0.1, 0.15) is 0 Å². The molecule has 6 heteroatoms. The minimum absolute atomic E-state index is 0.0358. The molecule has 3 heterocycles. The molecule has 0 bridgehead atoms. The van der Waals surface area contributed by atoms with Crippen LogP contribution in [0.1, 0.15) is 0 Å². The van der Waals surface area contributed by atoms with Gasteiger partial charge in [-0.05, 0) is 24.3 Å². The van der Waals surface area contributed by atoms with Crippen molar-refractivity contribution in [1.82, 2.24) is 15.0 Å². The first-order valence-corrected chi connectivity index (χ1v) is 6.23. The molecule has 0 fully saturated rings. The maximum atomic E-state index is 11.1. The molecule has 0 aromatic carbocycles. The Morgan fingerprint density at radius 2 is 1.33 bits per heavy atom. The van der Waals surface area contributed by atoms with E-state index in [2.05, 4.69) is 15.0 Å². The predicted octanol–water partition coefficient (Wildman–Crippen LogP) is 3.11. The third kappa shape index (κ3) is 2.74. The Labute approximate surface area is 120 Å². The van der Waals surface area contributed by atoms with Crippen LogP contribution in [0.4, 0.5) is 5.69 Å². The highest BCUT2D eigenvalue weighted by Gasteiger charge is 2.14. The molecule has 3 aromatic heterocycles. The van der Waals surface area contributed by atoms with Crippen LogP contribution < -0.4 is 0 Å². The number of hydrogen-bond donors (Lipinski definition) is 0. The van der Waals surface area contributed by atoms with Crippen LogP contribution in [0.3, 0.4) is 0 Å².